The first kappa shape index (κ1) is 13.1. The van der Waals surface area contributed by atoms with Crippen molar-refractivity contribution in [2.75, 3.05) is 33.3 Å². The minimum absolute atomic E-state index is 0.0206. The molecule has 0 radical (unpaired) electrons. The third kappa shape index (κ3) is 2.43. The first-order valence-electron chi connectivity index (χ1n) is 6.32. The summed E-state index contributed by atoms with van der Waals surface area (Å²) in [5.74, 6) is -1.23. The number of hydrogen-bond donors (Lipinski definition) is 1. The number of amides is 2. The molecular formula is C12H20N2O4. The van der Waals surface area contributed by atoms with Crippen LogP contribution in [-0.4, -0.2) is 66.3 Å². The van der Waals surface area contributed by atoms with Gasteiger partial charge in [0.15, 0.2) is 0 Å². The van der Waals surface area contributed by atoms with Gasteiger partial charge in [0, 0.05) is 33.3 Å². The molecule has 1 unspecified atom stereocenters. The van der Waals surface area contributed by atoms with Crippen molar-refractivity contribution in [3.8, 4) is 0 Å². The molecule has 6 nitrogen and oxygen atoms in total. The summed E-state index contributed by atoms with van der Waals surface area (Å²) in [7, 11) is 1.65. The Bertz CT molecular complexity index is 347. The van der Waals surface area contributed by atoms with E-state index in [-0.39, 0.29) is 18.1 Å². The van der Waals surface area contributed by atoms with Crippen LogP contribution >= 0.6 is 0 Å². The van der Waals surface area contributed by atoms with Crippen LogP contribution in [0.5, 0.6) is 0 Å². The van der Waals surface area contributed by atoms with Gasteiger partial charge in [-0.15, -0.1) is 0 Å². The second-order valence-electron chi connectivity index (χ2n) is 5.20. The maximum Gasteiger partial charge on any atom is 0.320 e. The van der Waals surface area contributed by atoms with E-state index in [1.165, 1.54) is 0 Å². The van der Waals surface area contributed by atoms with Gasteiger partial charge in [-0.1, -0.05) is 6.92 Å². The summed E-state index contributed by atoms with van der Waals surface area (Å²) < 4.78 is 5.23. The van der Waals surface area contributed by atoms with Crippen LogP contribution in [-0.2, 0) is 9.53 Å². The zero-order chi connectivity index (χ0) is 13.3. The summed E-state index contributed by atoms with van der Waals surface area (Å²) >= 11 is 0. The summed E-state index contributed by atoms with van der Waals surface area (Å²) in [6.07, 6.45) is 0.970. The number of carboxylic acid groups (broad SMARTS) is 1. The lowest BCUT2D eigenvalue weighted by atomic mass is 9.99. The molecular weight excluding hydrogens is 236 g/mol. The minimum atomic E-state index is -0.811. The van der Waals surface area contributed by atoms with Crippen LogP contribution < -0.4 is 0 Å². The molecule has 2 aliphatic heterocycles. The van der Waals surface area contributed by atoms with Crippen LogP contribution in [0, 0.1) is 11.8 Å². The maximum atomic E-state index is 12.2. The Morgan fingerprint density at radius 2 is 1.94 bits per heavy atom. The van der Waals surface area contributed by atoms with Gasteiger partial charge in [-0.05, 0) is 12.3 Å². The Balaban J connectivity index is 1.93. The van der Waals surface area contributed by atoms with E-state index in [2.05, 4.69) is 0 Å². The van der Waals surface area contributed by atoms with Gasteiger partial charge in [0.05, 0.1) is 12.0 Å². The van der Waals surface area contributed by atoms with Gasteiger partial charge in [0.1, 0.15) is 0 Å². The van der Waals surface area contributed by atoms with E-state index in [9.17, 15) is 9.59 Å². The average Bonchev–Trinajstić information content (AvgIpc) is 2.94. The second-order valence-corrected chi connectivity index (χ2v) is 5.20. The Kier molecular flexibility index (Phi) is 3.75. The average molecular weight is 256 g/mol. The van der Waals surface area contributed by atoms with E-state index in [0.29, 0.717) is 26.2 Å². The highest BCUT2D eigenvalue weighted by molar-refractivity contribution is 5.78. The number of urea groups is 1. The fourth-order valence-corrected chi connectivity index (χ4v) is 2.74. The molecule has 0 aromatic carbocycles. The van der Waals surface area contributed by atoms with Gasteiger partial charge in [-0.3, -0.25) is 4.79 Å². The predicted molar refractivity (Wildman–Crippen MR) is 64.2 cm³/mol. The van der Waals surface area contributed by atoms with E-state index >= 15 is 0 Å². The number of hydrogen-bond acceptors (Lipinski definition) is 3. The predicted octanol–water partition coefficient (Wildman–Crippen LogP) is 0.480. The fourth-order valence-electron chi connectivity index (χ4n) is 2.74. The number of carbonyl (C=O) groups is 2. The van der Waals surface area contributed by atoms with Gasteiger partial charge < -0.3 is 19.6 Å². The van der Waals surface area contributed by atoms with Crippen molar-refractivity contribution in [1.29, 1.82) is 0 Å². The van der Waals surface area contributed by atoms with Crippen LogP contribution in [0.15, 0.2) is 0 Å². The standard InChI is InChI=1S/C12H20N2O4/c1-8-5-14(7-10(8)11(15)16)12(17)13-4-3-9(6-13)18-2/h8-10H,3-7H2,1-2H3,(H,15,16)/t8-,9?,10-/m1/s1. The summed E-state index contributed by atoms with van der Waals surface area (Å²) in [5, 5.41) is 9.06. The fraction of sp³-hybridized carbons (Fsp3) is 0.833. The van der Waals surface area contributed by atoms with E-state index in [4.69, 9.17) is 9.84 Å². The molecule has 6 heteroatoms. The van der Waals surface area contributed by atoms with Crippen molar-refractivity contribution < 1.29 is 19.4 Å². The highest BCUT2D eigenvalue weighted by atomic mass is 16.5. The molecule has 2 saturated heterocycles. The van der Waals surface area contributed by atoms with Crippen LogP contribution in [0.4, 0.5) is 4.79 Å². The lowest BCUT2D eigenvalue weighted by Gasteiger charge is -2.24. The third-order valence-electron chi connectivity index (χ3n) is 3.95. The van der Waals surface area contributed by atoms with Crippen molar-refractivity contribution in [3.63, 3.8) is 0 Å². The van der Waals surface area contributed by atoms with Crippen LogP contribution in [0.2, 0.25) is 0 Å². The quantitative estimate of drug-likeness (QED) is 0.780. The van der Waals surface area contributed by atoms with Crippen LogP contribution in [0.1, 0.15) is 13.3 Å². The lowest BCUT2D eigenvalue weighted by Crippen LogP contribution is -2.41. The molecule has 0 saturated carbocycles. The Morgan fingerprint density at radius 3 is 2.44 bits per heavy atom. The van der Waals surface area contributed by atoms with Gasteiger partial charge >= 0.3 is 12.0 Å². The van der Waals surface area contributed by atoms with Gasteiger partial charge in [0.25, 0.3) is 0 Å². The number of ether oxygens (including phenoxy) is 1. The molecule has 0 aromatic rings. The number of methoxy groups -OCH3 is 1. The summed E-state index contributed by atoms with van der Waals surface area (Å²) in [6.45, 7) is 4.04. The molecule has 3 atom stereocenters. The Hall–Kier alpha value is -1.30. The molecule has 0 aliphatic carbocycles. The first-order valence-corrected chi connectivity index (χ1v) is 6.32. The third-order valence-corrected chi connectivity index (χ3v) is 3.95. The summed E-state index contributed by atoms with van der Waals surface area (Å²) in [6, 6.07) is -0.0508. The second kappa shape index (κ2) is 5.14. The number of nitrogens with zero attached hydrogens (tertiary/aromatic N) is 2. The van der Waals surface area contributed by atoms with E-state index in [1.54, 1.807) is 16.9 Å². The lowest BCUT2D eigenvalue weighted by molar-refractivity contribution is -0.142. The van der Waals surface area contributed by atoms with Crippen molar-refractivity contribution >= 4 is 12.0 Å². The molecule has 102 valence electrons. The number of aliphatic carboxylic acids is 1. The Labute approximate surface area is 106 Å². The van der Waals surface area contributed by atoms with Gasteiger partial charge in [-0.25, -0.2) is 4.79 Å². The largest absolute Gasteiger partial charge is 0.481 e. The SMILES string of the molecule is COC1CCN(C(=O)N2C[C@@H](C)[C@H](C(=O)O)C2)C1. The normalized spacial score (nSPS) is 32.0. The molecule has 2 heterocycles. The van der Waals surface area contributed by atoms with Crippen molar-refractivity contribution in [1.82, 2.24) is 9.80 Å². The van der Waals surface area contributed by atoms with Crippen molar-refractivity contribution in [3.05, 3.63) is 0 Å². The molecule has 0 spiro atoms. The smallest absolute Gasteiger partial charge is 0.320 e. The van der Waals surface area contributed by atoms with E-state index in [1.807, 2.05) is 6.92 Å². The number of carboxylic acids is 1. The van der Waals surface area contributed by atoms with Gasteiger partial charge in [0.2, 0.25) is 0 Å². The molecule has 2 fully saturated rings. The monoisotopic (exact) mass is 256 g/mol. The molecule has 18 heavy (non-hydrogen) atoms. The van der Waals surface area contributed by atoms with Crippen LogP contribution in [0.3, 0.4) is 0 Å². The molecule has 0 aromatic heterocycles. The molecule has 2 amide bonds. The minimum Gasteiger partial charge on any atom is -0.481 e. The Morgan fingerprint density at radius 1 is 1.22 bits per heavy atom. The number of carbonyl (C=O) groups excluding carboxylic acids is 1. The van der Waals surface area contributed by atoms with E-state index in [0.717, 1.165) is 6.42 Å². The first-order chi connectivity index (χ1) is 8.52. The van der Waals surface area contributed by atoms with Gasteiger partial charge in [-0.2, -0.15) is 0 Å². The zero-order valence-electron chi connectivity index (χ0n) is 10.8. The highest BCUT2D eigenvalue weighted by Crippen LogP contribution is 2.25. The van der Waals surface area contributed by atoms with Crippen molar-refractivity contribution in [2.45, 2.75) is 19.4 Å². The highest BCUT2D eigenvalue weighted by Gasteiger charge is 2.39. The molecule has 1 N–H and O–H groups in total. The van der Waals surface area contributed by atoms with E-state index < -0.39 is 11.9 Å². The molecule has 2 rings (SSSR count). The van der Waals surface area contributed by atoms with Crippen molar-refractivity contribution in [2.24, 2.45) is 11.8 Å². The zero-order valence-corrected chi connectivity index (χ0v) is 10.8. The van der Waals surface area contributed by atoms with Crippen LogP contribution in [0.25, 0.3) is 0 Å². The molecule has 0 bridgehead atoms. The molecule has 2 aliphatic rings. The summed E-state index contributed by atoms with van der Waals surface area (Å²) in [4.78, 5) is 26.7. The number of rotatable bonds is 2. The number of likely N-dealkylation sites (tertiary alicyclic amines) is 2. The maximum absolute atomic E-state index is 12.2. The summed E-state index contributed by atoms with van der Waals surface area (Å²) in [5.41, 5.74) is 0. The topological polar surface area (TPSA) is 70.1 Å².